The smallest absolute Gasteiger partial charge is 0.270 e. The zero-order valence-electron chi connectivity index (χ0n) is 12.9. The van der Waals surface area contributed by atoms with Gasteiger partial charge in [-0.15, -0.1) is 0 Å². The Morgan fingerprint density at radius 3 is 2.67 bits per heavy atom. The van der Waals surface area contributed by atoms with Crippen LogP contribution in [0.15, 0.2) is 52.9 Å². The molecule has 2 N–H and O–H groups in total. The van der Waals surface area contributed by atoms with Gasteiger partial charge in [-0.25, -0.2) is 0 Å². The summed E-state index contributed by atoms with van der Waals surface area (Å²) in [4.78, 5) is 23.7. The van der Waals surface area contributed by atoms with Crippen LogP contribution in [0.4, 0.5) is 11.4 Å². The SMILES string of the molecule is CN(Cc1cc2ccccc2o1)c1ccc([N+](=O)[O-])cc1C(N)=O. The van der Waals surface area contributed by atoms with Crippen molar-refractivity contribution in [1.29, 1.82) is 0 Å². The van der Waals surface area contributed by atoms with Gasteiger partial charge >= 0.3 is 0 Å². The molecule has 0 bridgehead atoms. The molecular formula is C17H15N3O4. The van der Waals surface area contributed by atoms with Crippen LogP contribution in [0.2, 0.25) is 0 Å². The maximum atomic E-state index is 11.6. The number of non-ortho nitro benzene ring substituents is 1. The summed E-state index contributed by atoms with van der Waals surface area (Å²) in [5.41, 5.74) is 6.57. The van der Waals surface area contributed by atoms with Gasteiger partial charge in [-0.05, 0) is 18.2 Å². The molecule has 1 amide bonds. The van der Waals surface area contributed by atoms with E-state index in [0.717, 1.165) is 11.0 Å². The summed E-state index contributed by atoms with van der Waals surface area (Å²) in [6.07, 6.45) is 0. The first-order valence-electron chi connectivity index (χ1n) is 7.22. The number of benzene rings is 2. The van der Waals surface area contributed by atoms with Crippen LogP contribution in [0.1, 0.15) is 16.1 Å². The molecule has 24 heavy (non-hydrogen) atoms. The van der Waals surface area contributed by atoms with Gasteiger partial charge in [-0.3, -0.25) is 14.9 Å². The predicted octanol–water partition coefficient (Wildman–Crippen LogP) is 3.08. The highest BCUT2D eigenvalue weighted by Gasteiger charge is 2.18. The quantitative estimate of drug-likeness (QED) is 0.573. The molecule has 0 fully saturated rings. The number of nitro groups is 1. The van der Waals surface area contributed by atoms with Crippen molar-refractivity contribution < 1.29 is 14.1 Å². The summed E-state index contributed by atoms with van der Waals surface area (Å²) in [5.74, 6) is -0.00220. The molecule has 122 valence electrons. The van der Waals surface area contributed by atoms with E-state index in [2.05, 4.69) is 0 Å². The normalized spacial score (nSPS) is 10.7. The molecule has 0 radical (unpaired) electrons. The first kappa shape index (κ1) is 15.5. The fraction of sp³-hybridized carbons (Fsp3) is 0.118. The number of rotatable bonds is 5. The van der Waals surface area contributed by atoms with Crippen LogP contribution in [0.5, 0.6) is 0 Å². The van der Waals surface area contributed by atoms with Crippen LogP contribution in [0.25, 0.3) is 11.0 Å². The molecule has 2 aromatic carbocycles. The lowest BCUT2D eigenvalue weighted by atomic mass is 10.1. The molecule has 0 aliphatic heterocycles. The molecule has 7 nitrogen and oxygen atoms in total. The van der Waals surface area contributed by atoms with Crippen molar-refractivity contribution in [2.45, 2.75) is 6.54 Å². The molecule has 3 rings (SSSR count). The molecule has 1 heterocycles. The molecule has 1 aromatic heterocycles. The molecule has 0 atom stereocenters. The molecular weight excluding hydrogens is 310 g/mol. The fourth-order valence-electron chi connectivity index (χ4n) is 2.60. The van der Waals surface area contributed by atoms with Gasteiger partial charge in [0.15, 0.2) is 0 Å². The fourth-order valence-corrected chi connectivity index (χ4v) is 2.60. The number of nitro benzene ring substituents is 1. The number of hydrogen-bond donors (Lipinski definition) is 1. The van der Waals surface area contributed by atoms with Crippen molar-refractivity contribution in [3.8, 4) is 0 Å². The van der Waals surface area contributed by atoms with E-state index in [4.69, 9.17) is 10.2 Å². The number of hydrogen-bond acceptors (Lipinski definition) is 5. The minimum absolute atomic E-state index is 0.0998. The number of para-hydroxylation sites is 1. The molecule has 0 spiro atoms. The van der Waals surface area contributed by atoms with Gasteiger partial charge < -0.3 is 15.1 Å². The van der Waals surface area contributed by atoms with E-state index in [1.165, 1.54) is 18.2 Å². The van der Waals surface area contributed by atoms with Gasteiger partial charge in [-0.1, -0.05) is 18.2 Å². The number of nitrogens with two attached hydrogens (primary N) is 1. The first-order chi connectivity index (χ1) is 11.5. The van der Waals surface area contributed by atoms with Crippen molar-refractivity contribution in [3.63, 3.8) is 0 Å². The third kappa shape index (κ3) is 2.91. The molecule has 3 aromatic rings. The zero-order chi connectivity index (χ0) is 17.3. The first-order valence-corrected chi connectivity index (χ1v) is 7.22. The number of anilines is 1. The van der Waals surface area contributed by atoms with Crippen LogP contribution in [-0.4, -0.2) is 17.9 Å². The van der Waals surface area contributed by atoms with Crippen molar-refractivity contribution in [1.82, 2.24) is 0 Å². The number of nitrogens with zero attached hydrogens (tertiary/aromatic N) is 2. The van der Waals surface area contributed by atoms with Crippen molar-refractivity contribution >= 4 is 28.3 Å². The summed E-state index contributed by atoms with van der Waals surface area (Å²) in [6, 6.07) is 13.6. The number of carbonyl (C=O) groups excluding carboxylic acids is 1. The lowest BCUT2D eigenvalue weighted by molar-refractivity contribution is -0.384. The average Bonchev–Trinajstić information content (AvgIpc) is 2.96. The van der Waals surface area contributed by atoms with E-state index < -0.39 is 10.8 Å². The lowest BCUT2D eigenvalue weighted by Crippen LogP contribution is -2.22. The summed E-state index contributed by atoms with van der Waals surface area (Å²) >= 11 is 0. The van der Waals surface area contributed by atoms with E-state index in [0.29, 0.717) is 18.0 Å². The Labute approximate surface area is 137 Å². The highest BCUT2D eigenvalue weighted by molar-refractivity contribution is 5.99. The Morgan fingerprint density at radius 2 is 2.00 bits per heavy atom. The second kappa shape index (κ2) is 6.04. The lowest BCUT2D eigenvalue weighted by Gasteiger charge is -2.20. The Morgan fingerprint density at radius 1 is 1.25 bits per heavy atom. The minimum Gasteiger partial charge on any atom is -0.459 e. The van der Waals surface area contributed by atoms with Gasteiger partial charge in [0, 0.05) is 24.6 Å². The second-order valence-corrected chi connectivity index (χ2v) is 5.43. The van der Waals surface area contributed by atoms with Gasteiger partial charge in [-0.2, -0.15) is 0 Å². The van der Waals surface area contributed by atoms with Crippen LogP contribution >= 0.6 is 0 Å². The topological polar surface area (TPSA) is 103 Å². The van der Waals surface area contributed by atoms with Crippen LogP contribution in [0.3, 0.4) is 0 Å². The number of furan rings is 1. The molecule has 0 aliphatic rings. The Balaban J connectivity index is 1.92. The van der Waals surface area contributed by atoms with E-state index in [1.54, 1.807) is 11.9 Å². The van der Waals surface area contributed by atoms with Gasteiger partial charge in [0.25, 0.3) is 11.6 Å². The summed E-state index contributed by atoms with van der Waals surface area (Å²) in [5, 5.41) is 11.9. The second-order valence-electron chi connectivity index (χ2n) is 5.43. The third-order valence-electron chi connectivity index (χ3n) is 3.74. The van der Waals surface area contributed by atoms with Crippen LogP contribution < -0.4 is 10.6 Å². The molecule has 0 unspecified atom stereocenters. The van der Waals surface area contributed by atoms with Crippen molar-refractivity contribution in [2.75, 3.05) is 11.9 Å². The molecule has 0 aliphatic carbocycles. The number of primary amides is 1. The molecule has 0 saturated heterocycles. The van der Waals surface area contributed by atoms with Gasteiger partial charge in [0.05, 0.1) is 22.7 Å². The highest BCUT2D eigenvalue weighted by Crippen LogP contribution is 2.27. The number of fused-ring (bicyclic) bond motifs is 1. The third-order valence-corrected chi connectivity index (χ3v) is 3.74. The van der Waals surface area contributed by atoms with Crippen molar-refractivity contribution in [3.05, 3.63) is 70.0 Å². The summed E-state index contributed by atoms with van der Waals surface area (Å²) in [6.45, 7) is 0.396. The maximum Gasteiger partial charge on any atom is 0.270 e. The number of carbonyl (C=O) groups is 1. The maximum absolute atomic E-state index is 11.6. The van der Waals surface area contributed by atoms with Gasteiger partial charge in [0.1, 0.15) is 11.3 Å². The summed E-state index contributed by atoms with van der Waals surface area (Å²) in [7, 11) is 1.76. The van der Waals surface area contributed by atoms with Crippen LogP contribution in [-0.2, 0) is 6.54 Å². The minimum atomic E-state index is -0.717. The summed E-state index contributed by atoms with van der Waals surface area (Å²) < 4.78 is 5.76. The van der Waals surface area contributed by atoms with Gasteiger partial charge in [0.2, 0.25) is 0 Å². The monoisotopic (exact) mass is 325 g/mol. The predicted molar refractivity (Wildman–Crippen MR) is 89.9 cm³/mol. The Bertz CT molecular complexity index is 899. The Hall–Kier alpha value is -3.35. The standard InChI is InChI=1S/C17H15N3O4/c1-19(10-13-8-11-4-2-3-5-16(11)24-13)15-7-6-12(20(22)23)9-14(15)17(18)21/h2-9H,10H2,1H3,(H2,18,21). The number of amides is 1. The Kier molecular flexibility index (Phi) is 3.91. The van der Waals surface area contributed by atoms with Crippen LogP contribution in [0, 0.1) is 10.1 Å². The molecule has 7 heteroatoms. The van der Waals surface area contributed by atoms with Crippen molar-refractivity contribution in [2.24, 2.45) is 5.73 Å². The van der Waals surface area contributed by atoms with E-state index >= 15 is 0 Å². The zero-order valence-corrected chi connectivity index (χ0v) is 12.9. The van der Waals surface area contributed by atoms with E-state index in [-0.39, 0.29) is 11.3 Å². The van der Waals surface area contributed by atoms with E-state index in [1.807, 2.05) is 30.3 Å². The van der Waals surface area contributed by atoms with E-state index in [9.17, 15) is 14.9 Å². The highest BCUT2D eigenvalue weighted by atomic mass is 16.6. The largest absolute Gasteiger partial charge is 0.459 e. The average molecular weight is 325 g/mol. The molecule has 0 saturated carbocycles.